The lowest BCUT2D eigenvalue weighted by molar-refractivity contribution is -0.135. The molecule has 0 spiro atoms. The molecule has 1 aromatic rings. The largest absolute Gasteiger partial charge is 0.493 e. The molecule has 0 radical (unpaired) electrons. The van der Waals surface area contributed by atoms with Crippen LogP contribution in [0.5, 0.6) is 5.75 Å². The van der Waals surface area contributed by atoms with Gasteiger partial charge in [0.25, 0.3) is 0 Å². The van der Waals surface area contributed by atoms with E-state index in [9.17, 15) is 4.79 Å². The molecule has 1 aliphatic carbocycles. The van der Waals surface area contributed by atoms with Gasteiger partial charge in [-0.1, -0.05) is 18.2 Å². The van der Waals surface area contributed by atoms with Crippen LogP contribution in [0.3, 0.4) is 0 Å². The van der Waals surface area contributed by atoms with Crippen molar-refractivity contribution in [3.63, 3.8) is 0 Å². The van der Waals surface area contributed by atoms with Gasteiger partial charge >= 0.3 is 0 Å². The van der Waals surface area contributed by atoms with Gasteiger partial charge in [-0.25, -0.2) is 0 Å². The van der Waals surface area contributed by atoms with Crippen molar-refractivity contribution in [3.8, 4) is 5.75 Å². The summed E-state index contributed by atoms with van der Waals surface area (Å²) in [6.45, 7) is 1.07. The second-order valence-corrected chi connectivity index (χ2v) is 5.15. The SMILES string of the molecule is O=C(CCOc1ccccc1)N(CCCl)C1CCC1. The predicted octanol–water partition coefficient (Wildman–Crippen LogP) is 3.08. The summed E-state index contributed by atoms with van der Waals surface area (Å²) in [5.41, 5.74) is 0. The highest BCUT2D eigenvalue weighted by atomic mass is 35.5. The summed E-state index contributed by atoms with van der Waals surface area (Å²) in [5.74, 6) is 1.46. The number of nitrogens with zero attached hydrogens (tertiary/aromatic N) is 1. The molecule has 0 aromatic heterocycles. The summed E-state index contributed by atoms with van der Waals surface area (Å²) < 4.78 is 5.56. The van der Waals surface area contributed by atoms with Crippen LogP contribution in [0.4, 0.5) is 0 Å². The number of carbonyl (C=O) groups excluding carboxylic acids is 1. The number of ether oxygens (including phenoxy) is 1. The Morgan fingerprint density at radius 2 is 2.05 bits per heavy atom. The summed E-state index contributed by atoms with van der Waals surface area (Å²) in [6.07, 6.45) is 3.86. The van der Waals surface area contributed by atoms with Gasteiger partial charge in [-0.2, -0.15) is 0 Å². The smallest absolute Gasteiger partial charge is 0.226 e. The Bertz CT molecular complexity index is 392. The number of benzene rings is 1. The average molecular weight is 282 g/mol. The maximum absolute atomic E-state index is 12.1. The minimum Gasteiger partial charge on any atom is -0.493 e. The molecule has 0 heterocycles. The third-order valence-electron chi connectivity index (χ3n) is 3.49. The Morgan fingerprint density at radius 3 is 2.63 bits per heavy atom. The maximum atomic E-state index is 12.1. The zero-order valence-electron chi connectivity index (χ0n) is 11.1. The van der Waals surface area contributed by atoms with Crippen LogP contribution in [0.15, 0.2) is 30.3 Å². The van der Waals surface area contributed by atoms with E-state index in [4.69, 9.17) is 16.3 Å². The third kappa shape index (κ3) is 4.13. The quantitative estimate of drug-likeness (QED) is 0.719. The highest BCUT2D eigenvalue weighted by Crippen LogP contribution is 2.25. The van der Waals surface area contributed by atoms with E-state index in [-0.39, 0.29) is 5.91 Å². The molecule has 0 aliphatic heterocycles. The molecular formula is C15H20ClNO2. The van der Waals surface area contributed by atoms with Gasteiger partial charge in [0, 0.05) is 18.5 Å². The van der Waals surface area contributed by atoms with Crippen LogP contribution in [-0.2, 0) is 4.79 Å². The van der Waals surface area contributed by atoms with Crippen LogP contribution in [-0.4, -0.2) is 35.9 Å². The first kappa shape index (κ1) is 14.2. The average Bonchev–Trinajstić information content (AvgIpc) is 2.37. The number of carbonyl (C=O) groups is 1. The van der Waals surface area contributed by atoms with Gasteiger partial charge in [-0.05, 0) is 31.4 Å². The molecule has 1 aliphatic rings. The van der Waals surface area contributed by atoms with E-state index < -0.39 is 0 Å². The molecule has 0 saturated heterocycles. The van der Waals surface area contributed by atoms with Gasteiger partial charge in [-0.15, -0.1) is 11.6 Å². The van der Waals surface area contributed by atoms with Crippen molar-refractivity contribution in [2.24, 2.45) is 0 Å². The first-order valence-corrected chi connectivity index (χ1v) is 7.38. The molecule has 19 heavy (non-hydrogen) atoms. The van der Waals surface area contributed by atoms with Crippen molar-refractivity contribution >= 4 is 17.5 Å². The molecule has 1 saturated carbocycles. The monoisotopic (exact) mass is 281 g/mol. The van der Waals surface area contributed by atoms with E-state index in [0.717, 1.165) is 18.6 Å². The van der Waals surface area contributed by atoms with Crippen molar-refractivity contribution in [3.05, 3.63) is 30.3 Å². The number of amides is 1. The molecule has 0 atom stereocenters. The van der Waals surface area contributed by atoms with Gasteiger partial charge in [0.15, 0.2) is 0 Å². The molecule has 3 nitrogen and oxygen atoms in total. The van der Waals surface area contributed by atoms with Gasteiger partial charge in [0.1, 0.15) is 5.75 Å². The zero-order valence-corrected chi connectivity index (χ0v) is 11.8. The van der Waals surface area contributed by atoms with Gasteiger partial charge in [-0.3, -0.25) is 4.79 Å². The van der Waals surface area contributed by atoms with Crippen molar-refractivity contribution in [1.82, 2.24) is 4.90 Å². The molecule has 4 heteroatoms. The molecule has 0 bridgehead atoms. The Balaban J connectivity index is 1.75. The lowest BCUT2D eigenvalue weighted by Crippen LogP contribution is -2.45. The Hall–Kier alpha value is -1.22. The Morgan fingerprint density at radius 1 is 1.32 bits per heavy atom. The fourth-order valence-electron chi connectivity index (χ4n) is 2.22. The number of halogens is 1. The topological polar surface area (TPSA) is 29.5 Å². The van der Waals surface area contributed by atoms with E-state index >= 15 is 0 Å². The van der Waals surface area contributed by atoms with Crippen molar-refractivity contribution in [1.29, 1.82) is 0 Å². The van der Waals surface area contributed by atoms with E-state index in [1.165, 1.54) is 6.42 Å². The minimum absolute atomic E-state index is 0.154. The van der Waals surface area contributed by atoms with Crippen LogP contribution >= 0.6 is 11.6 Å². The second-order valence-electron chi connectivity index (χ2n) is 4.77. The van der Waals surface area contributed by atoms with Crippen molar-refractivity contribution in [2.45, 2.75) is 31.7 Å². The van der Waals surface area contributed by atoms with E-state index in [0.29, 0.717) is 31.5 Å². The number of rotatable bonds is 7. The van der Waals surface area contributed by atoms with Crippen LogP contribution in [0.2, 0.25) is 0 Å². The summed E-state index contributed by atoms with van der Waals surface area (Å²) in [6, 6.07) is 9.98. The minimum atomic E-state index is 0.154. The summed E-state index contributed by atoms with van der Waals surface area (Å²) in [7, 11) is 0. The number of para-hydroxylation sites is 1. The standard InChI is InChI=1S/C15H20ClNO2/c16-10-11-17(13-5-4-6-13)15(18)9-12-19-14-7-2-1-3-8-14/h1-3,7-8,13H,4-6,9-12H2. The number of hydrogen-bond acceptors (Lipinski definition) is 2. The predicted molar refractivity (Wildman–Crippen MR) is 76.6 cm³/mol. The first-order valence-electron chi connectivity index (χ1n) is 6.84. The molecule has 1 amide bonds. The van der Waals surface area contributed by atoms with Crippen molar-refractivity contribution < 1.29 is 9.53 Å². The molecule has 2 rings (SSSR count). The van der Waals surface area contributed by atoms with E-state index in [2.05, 4.69) is 0 Å². The summed E-state index contributed by atoms with van der Waals surface area (Å²) in [5, 5.41) is 0. The number of alkyl halides is 1. The van der Waals surface area contributed by atoms with Gasteiger partial charge in [0.2, 0.25) is 5.91 Å². The maximum Gasteiger partial charge on any atom is 0.226 e. The number of hydrogen-bond donors (Lipinski definition) is 0. The second kappa shape index (κ2) is 7.39. The van der Waals surface area contributed by atoms with E-state index in [1.54, 1.807) is 0 Å². The highest BCUT2D eigenvalue weighted by molar-refractivity contribution is 6.18. The van der Waals surface area contributed by atoms with Crippen molar-refractivity contribution in [2.75, 3.05) is 19.0 Å². The fourth-order valence-corrected chi connectivity index (χ4v) is 2.40. The lowest BCUT2D eigenvalue weighted by atomic mass is 9.91. The van der Waals surface area contributed by atoms with Crippen LogP contribution in [0.1, 0.15) is 25.7 Å². The van der Waals surface area contributed by atoms with Crippen LogP contribution in [0, 0.1) is 0 Å². The lowest BCUT2D eigenvalue weighted by Gasteiger charge is -2.37. The van der Waals surface area contributed by atoms with Gasteiger partial charge in [0.05, 0.1) is 13.0 Å². The first-order chi connectivity index (χ1) is 9.31. The summed E-state index contributed by atoms with van der Waals surface area (Å²) >= 11 is 5.77. The molecule has 104 valence electrons. The van der Waals surface area contributed by atoms with Crippen LogP contribution < -0.4 is 4.74 Å². The van der Waals surface area contributed by atoms with E-state index in [1.807, 2.05) is 35.2 Å². The zero-order chi connectivity index (χ0) is 13.5. The third-order valence-corrected chi connectivity index (χ3v) is 3.66. The van der Waals surface area contributed by atoms with Crippen LogP contribution in [0.25, 0.3) is 0 Å². The highest BCUT2D eigenvalue weighted by Gasteiger charge is 2.27. The Labute approximate surface area is 119 Å². The molecule has 1 fully saturated rings. The fraction of sp³-hybridized carbons (Fsp3) is 0.533. The molecule has 1 aromatic carbocycles. The normalized spacial score (nSPS) is 14.8. The Kier molecular flexibility index (Phi) is 5.52. The molecular weight excluding hydrogens is 262 g/mol. The molecule has 0 N–H and O–H groups in total. The van der Waals surface area contributed by atoms with Gasteiger partial charge < -0.3 is 9.64 Å². The molecule has 0 unspecified atom stereocenters. The summed E-state index contributed by atoms with van der Waals surface area (Å²) in [4.78, 5) is 14.1.